The SMILES string of the molecule is Cc1ccc(NC(=O)C2CCCN(C(=O)OC(C)(C)C)C2)cc1Cl. The average molecular weight is 353 g/mol. The molecule has 6 heteroatoms. The molecule has 132 valence electrons. The van der Waals surface area contributed by atoms with Crippen molar-refractivity contribution in [1.29, 1.82) is 0 Å². The fourth-order valence-corrected chi connectivity index (χ4v) is 2.78. The standard InChI is InChI=1S/C18H25ClN2O3/c1-12-7-8-14(10-15(12)19)20-16(22)13-6-5-9-21(11-13)17(23)24-18(2,3)4/h7-8,10,13H,5-6,9,11H2,1-4H3,(H,20,22). The van der Waals surface area contributed by atoms with Crippen LogP contribution in [-0.2, 0) is 9.53 Å². The Balaban J connectivity index is 1.97. The van der Waals surface area contributed by atoms with E-state index in [2.05, 4.69) is 5.32 Å². The van der Waals surface area contributed by atoms with Crippen LogP contribution in [0.1, 0.15) is 39.2 Å². The number of nitrogens with one attached hydrogen (secondary N) is 1. The molecule has 0 aromatic heterocycles. The summed E-state index contributed by atoms with van der Waals surface area (Å²) in [5.41, 5.74) is 1.10. The van der Waals surface area contributed by atoms with Crippen LogP contribution in [-0.4, -0.2) is 35.6 Å². The van der Waals surface area contributed by atoms with Gasteiger partial charge in [0.25, 0.3) is 0 Å². The van der Waals surface area contributed by atoms with E-state index in [1.54, 1.807) is 11.0 Å². The van der Waals surface area contributed by atoms with Gasteiger partial charge < -0.3 is 15.0 Å². The summed E-state index contributed by atoms with van der Waals surface area (Å²) >= 11 is 6.09. The molecule has 24 heavy (non-hydrogen) atoms. The lowest BCUT2D eigenvalue weighted by molar-refractivity contribution is -0.121. The van der Waals surface area contributed by atoms with Crippen LogP contribution < -0.4 is 5.32 Å². The average Bonchev–Trinajstić information content (AvgIpc) is 2.49. The smallest absolute Gasteiger partial charge is 0.410 e. The fraction of sp³-hybridized carbons (Fsp3) is 0.556. The molecule has 0 saturated carbocycles. The predicted molar refractivity (Wildman–Crippen MR) is 95.3 cm³/mol. The Kier molecular flexibility index (Phi) is 5.75. The Bertz CT molecular complexity index is 625. The highest BCUT2D eigenvalue weighted by Gasteiger charge is 2.31. The summed E-state index contributed by atoms with van der Waals surface area (Å²) in [5.74, 6) is -0.338. The zero-order chi connectivity index (χ0) is 17.9. The van der Waals surface area contributed by atoms with Crippen LogP contribution in [0, 0.1) is 12.8 Å². The molecule has 1 aromatic rings. The van der Waals surface area contributed by atoms with Gasteiger partial charge in [0, 0.05) is 23.8 Å². The molecule has 0 spiro atoms. The largest absolute Gasteiger partial charge is 0.444 e. The monoisotopic (exact) mass is 352 g/mol. The lowest BCUT2D eigenvalue weighted by Gasteiger charge is -2.33. The summed E-state index contributed by atoms with van der Waals surface area (Å²) in [4.78, 5) is 26.3. The molecule has 0 aliphatic carbocycles. The molecular formula is C18H25ClN2O3. The third-order valence-corrected chi connectivity index (χ3v) is 4.29. The second-order valence-corrected chi connectivity index (χ2v) is 7.63. The molecule has 1 aromatic carbocycles. The van der Waals surface area contributed by atoms with Gasteiger partial charge in [-0.25, -0.2) is 4.79 Å². The normalized spacial score (nSPS) is 18.2. The number of amides is 2. The molecule has 0 bridgehead atoms. The van der Waals surface area contributed by atoms with Crippen LogP contribution in [0.5, 0.6) is 0 Å². The maximum Gasteiger partial charge on any atom is 0.410 e. The molecule has 1 aliphatic heterocycles. The highest BCUT2D eigenvalue weighted by Crippen LogP contribution is 2.23. The van der Waals surface area contributed by atoms with Gasteiger partial charge in [-0.3, -0.25) is 4.79 Å². The van der Waals surface area contributed by atoms with Gasteiger partial charge in [0.1, 0.15) is 5.60 Å². The van der Waals surface area contributed by atoms with Crippen LogP contribution in [0.4, 0.5) is 10.5 Å². The maximum atomic E-state index is 12.5. The molecule has 0 radical (unpaired) electrons. The van der Waals surface area contributed by atoms with Crippen molar-refractivity contribution in [3.63, 3.8) is 0 Å². The number of carbonyl (C=O) groups excluding carboxylic acids is 2. The first-order chi connectivity index (χ1) is 11.2. The zero-order valence-electron chi connectivity index (χ0n) is 14.7. The second kappa shape index (κ2) is 7.43. The highest BCUT2D eigenvalue weighted by molar-refractivity contribution is 6.31. The van der Waals surface area contributed by atoms with E-state index in [0.29, 0.717) is 23.8 Å². The van der Waals surface area contributed by atoms with Crippen molar-refractivity contribution in [3.05, 3.63) is 28.8 Å². The van der Waals surface area contributed by atoms with E-state index in [1.165, 1.54) is 0 Å². The van der Waals surface area contributed by atoms with Crippen LogP contribution >= 0.6 is 11.6 Å². The molecule has 1 atom stereocenters. The molecule has 1 heterocycles. The van der Waals surface area contributed by atoms with Gasteiger partial charge in [-0.1, -0.05) is 17.7 Å². The van der Waals surface area contributed by atoms with Gasteiger partial charge in [-0.05, 0) is 58.2 Å². The van der Waals surface area contributed by atoms with Gasteiger partial charge in [-0.15, -0.1) is 0 Å². The van der Waals surface area contributed by atoms with Gasteiger partial charge in [0.15, 0.2) is 0 Å². The van der Waals surface area contributed by atoms with Crippen LogP contribution in [0.15, 0.2) is 18.2 Å². The van der Waals surface area contributed by atoms with E-state index in [4.69, 9.17) is 16.3 Å². The van der Waals surface area contributed by atoms with Crippen molar-refractivity contribution in [2.75, 3.05) is 18.4 Å². The number of halogens is 1. The number of piperidine rings is 1. The number of hydrogen-bond acceptors (Lipinski definition) is 3. The van der Waals surface area contributed by atoms with Crippen LogP contribution in [0.3, 0.4) is 0 Å². The minimum atomic E-state index is -0.537. The Morgan fingerprint density at radius 3 is 2.67 bits per heavy atom. The fourth-order valence-electron chi connectivity index (χ4n) is 2.60. The van der Waals surface area contributed by atoms with Gasteiger partial charge in [0.05, 0.1) is 5.92 Å². The summed E-state index contributed by atoms with van der Waals surface area (Å²) in [5, 5.41) is 3.50. The summed E-state index contributed by atoms with van der Waals surface area (Å²) in [6.07, 6.45) is 1.18. The summed E-state index contributed by atoms with van der Waals surface area (Å²) < 4.78 is 5.39. The predicted octanol–water partition coefficient (Wildman–Crippen LogP) is 4.23. The topological polar surface area (TPSA) is 58.6 Å². The van der Waals surface area contributed by atoms with Gasteiger partial charge in [-0.2, -0.15) is 0 Å². The van der Waals surface area contributed by atoms with Gasteiger partial charge in [0.2, 0.25) is 5.91 Å². The van der Waals surface area contributed by atoms with E-state index < -0.39 is 5.60 Å². The van der Waals surface area contributed by atoms with E-state index in [-0.39, 0.29) is 17.9 Å². The molecule has 2 amide bonds. The number of ether oxygens (including phenoxy) is 1. The first kappa shape index (κ1) is 18.6. The van der Waals surface area contributed by atoms with E-state index >= 15 is 0 Å². The van der Waals surface area contributed by atoms with Crippen molar-refractivity contribution >= 4 is 29.3 Å². The number of likely N-dealkylation sites (tertiary alicyclic amines) is 1. The van der Waals surface area contributed by atoms with Crippen LogP contribution in [0.25, 0.3) is 0 Å². The molecule has 1 N–H and O–H groups in total. The summed E-state index contributed by atoms with van der Waals surface area (Å²) in [7, 11) is 0. The first-order valence-electron chi connectivity index (χ1n) is 8.20. The third kappa shape index (κ3) is 5.13. The zero-order valence-corrected chi connectivity index (χ0v) is 15.4. The van der Waals surface area contributed by atoms with E-state index in [0.717, 1.165) is 18.4 Å². The number of nitrogens with zero attached hydrogens (tertiary/aromatic N) is 1. The number of hydrogen-bond donors (Lipinski definition) is 1. The molecule has 5 nitrogen and oxygen atoms in total. The van der Waals surface area contributed by atoms with Crippen LogP contribution in [0.2, 0.25) is 5.02 Å². The molecule has 1 saturated heterocycles. The summed E-state index contributed by atoms with van der Waals surface area (Å²) in [6, 6.07) is 5.43. The van der Waals surface area contributed by atoms with Crippen molar-refractivity contribution < 1.29 is 14.3 Å². The molecule has 1 aliphatic rings. The Hall–Kier alpha value is -1.75. The Morgan fingerprint density at radius 1 is 1.33 bits per heavy atom. The second-order valence-electron chi connectivity index (χ2n) is 7.22. The van der Waals surface area contributed by atoms with E-state index in [1.807, 2.05) is 39.8 Å². The molecule has 1 unspecified atom stereocenters. The number of rotatable bonds is 2. The number of aryl methyl sites for hydroxylation is 1. The highest BCUT2D eigenvalue weighted by atomic mass is 35.5. The lowest BCUT2D eigenvalue weighted by atomic mass is 9.97. The van der Waals surface area contributed by atoms with E-state index in [9.17, 15) is 9.59 Å². The minimum Gasteiger partial charge on any atom is -0.444 e. The Labute approximate surface area is 148 Å². The van der Waals surface area contributed by atoms with Crippen molar-refractivity contribution in [3.8, 4) is 0 Å². The number of anilines is 1. The number of benzene rings is 1. The van der Waals surface area contributed by atoms with Crippen molar-refractivity contribution in [2.24, 2.45) is 5.92 Å². The minimum absolute atomic E-state index is 0.0943. The quantitative estimate of drug-likeness (QED) is 0.866. The molecule has 1 fully saturated rings. The molecule has 2 rings (SSSR count). The first-order valence-corrected chi connectivity index (χ1v) is 8.58. The van der Waals surface area contributed by atoms with Crippen molar-refractivity contribution in [1.82, 2.24) is 4.90 Å². The maximum absolute atomic E-state index is 12.5. The lowest BCUT2D eigenvalue weighted by Crippen LogP contribution is -2.45. The van der Waals surface area contributed by atoms with Gasteiger partial charge >= 0.3 is 6.09 Å². The Morgan fingerprint density at radius 2 is 2.04 bits per heavy atom. The number of carbonyl (C=O) groups is 2. The van der Waals surface area contributed by atoms with Crippen molar-refractivity contribution in [2.45, 2.75) is 46.1 Å². The molecular weight excluding hydrogens is 328 g/mol. The summed E-state index contributed by atoms with van der Waals surface area (Å²) in [6.45, 7) is 8.41. The third-order valence-electron chi connectivity index (χ3n) is 3.88.